The Kier molecular flexibility index (Phi) is 6.29. The molecule has 5 nitrogen and oxygen atoms in total. The zero-order chi connectivity index (χ0) is 20.8. The van der Waals surface area contributed by atoms with Crippen LogP contribution < -0.4 is 9.47 Å². The summed E-state index contributed by atoms with van der Waals surface area (Å²) in [6, 6.07) is 22.5. The molecule has 0 aromatic heterocycles. The molecule has 0 aliphatic carbocycles. The Hall–Kier alpha value is -3.60. The van der Waals surface area contributed by atoms with Crippen LogP contribution in [0, 0.1) is 10.1 Å². The van der Waals surface area contributed by atoms with Crippen LogP contribution in [-0.4, -0.2) is 19.1 Å². The Morgan fingerprint density at radius 2 is 1.17 bits per heavy atom. The monoisotopic (exact) mass is 389 g/mol. The Bertz CT molecular complexity index is 1000. The van der Waals surface area contributed by atoms with E-state index in [1.54, 1.807) is 38.5 Å². The molecule has 0 radical (unpaired) electrons. The summed E-state index contributed by atoms with van der Waals surface area (Å²) in [4.78, 5) is 10.7. The van der Waals surface area contributed by atoms with Gasteiger partial charge in [0.15, 0.2) is 0 Å². The van der Waals surface area contributed by atoms with Crippen LogP contribution in [0.15, 0.2) is 72.8 Å². The molecule has 3 aromatic carbocycles. The first-order chi connectivity index (χ1) is 14.1. The maximum absolute atomic E-state index is 11.1. The van der Waals surface area contributed by atoms with Crippen molar-refractivity contribution in [3.63, 3.8) is 0 Å². The second-order valence-corrected chi connectivity index (χ2v) is 6.47. The van der Waals surface area contributed by atoms with Crippen molar-refractivity contribution < 1.29 is 14.4 Å². The average Bonchev–Trinajstić information content (AvgIpc) is 2.78. The van der Waals surface area contributed by atoms with E-state index in [0.29, 0.717) is 0 Å². The topological polar surface area (TPSA) is 61.6 Å². The Balaban J connectivity index is 2.20. The highest BCUT2D eigenvalue weighted by Crippen LogP contribution is 2.36. The van der Waals surface area contributed by atoms with Crippen molar-refractivity contribution in [3.05, 3.63) is 99.6 Å². The highest BCUT2D eigenvalue weighted by molar-refractivity contribution is 5.98. The lowest BCUT2D eigenvalue weighted by Gasteiger charge is -2.17. The predicted molar refractivity (Wildman–Crippen MR) is 115 cm³/mol. The second kappa shape index (κ2) is 9.06. The van der Waals surface area contributed by atoms with E-state index in [-0.39, 0.29) is 10.6 Å². The minimum atomic E-state index is -0.384. The quantitative estimate of drug-likeness (QED) is 0.283. The van der Waals surface area contributed by atoms with E-state index in [1.165, 1.54) is 0 Å². The van der Waals surface area contributed by atoms with Gasteiger partial charge < -0.3 is 9.47 Å². The van der Waals surface area contributed by atoms with Crippen molar-refractivity contribution in [2.45, 2.75) is 13.3 Å². The molecule has 29 heavy (non-hydrogen) atoms. The van der Waals surface area contributed by atoms with E-state index in [2.05, 4.69) is 6.92 Å². The summed E-state index contributed by atoms with van der Waals surface area (Å²) in [6.07, 6.45) is 0.796. The molecule has 0 saturated carbocycles. The van der Waals surface area contributed by atoms with Crippen molar-refractivity contribution in [2.24, 2.45) is 0 Å². The van der Waals surface area contributed by atoms with E-state index in [1.807, 2.05) is 48.5 Å². The summed E-state index contributed by atoms with van der Waals surface area (Å²) in [6.45, 7) is 2.11. The molecule has 0 fully saturated rings. The van der Waals surface area contributed by atoms with Crippen molar-refractivity contribution in [2.75, 3.05) is 14.2 Å². The first kappa shape index (κ1) is 20.1. The normalized spacial score (nSPS) is 11.6. The van der Waals surface area contributed by atoms with E-state index in [9.17, 15) is 10.1 Å². The molecule has 0 atom stereocenters. The van der Waals surface area contributed by atoms with Gasteiger partial charge in [-0.1, -0.05) is 31.2 Å². The number of ether oxygens (including phenoxy) is 2. The largest absolute Gasteiger partial charge is 0.497 e. The lowest BCUT2D eigenvalue weighted by molar-refractivity contribution is -0.384. The predicted octanol–water partition coefficient (Wildman–Crippen LogP) is 5.98. The molecule has 0 aliphatic rings. The van der Waals surface area contributed by atoms with Crippen LogP contribution in [0.1, 0.15) is 30.0 Å². The summed E-state index contributed by atoms with van der Waals surface area (Å²) in [5.74, 6) is 1.57. The van der Waals surface area contributed by atoms with Crippen LogP contribution in [0.25, 0.3) is 11.1 Å². The van der Waals surface area contributed by atoms with Gasteiger partial charge in [-0.05, 0) is 70.7 Å². The first-order valence-electron chi connectivity index (χ1n) is 9.34. The molecule has 0 N–H and O–H groups in total. The lowest BCUT2D eigenvalue weighted by atomic mass is 9.88. The fraction of sp³-hybridized carbons (Fsp3) is 0.167. The van der Waals surface area contributed by atoms with E-state index < -0.39 is 0 Å². The number of methoxy groups -OCH3 is 2. The highest BCUT2D eigenvalue weighted by atomic mass is 16.6. The number of non-ortho nitro benzene ring substituents is 1. The van der Waals surface area contributed by atoms with E-state index in [4.69, 9.17) is 9.47 Å². The third-order valence-electron chi connectivity index (χ3n) is 4.84. The maximum Gasteiger partial charge on any atom is 0.269 e. The van der Waals surface area contributed by atoms with Crippen molar-refractivity contribution in [1.82, 2.24) is 0 Å². The van der Waals surface area contributed by atoms with Gasteiger partial charge in [0.05, 0.1) is 19.1 Å². The third kappa shape index (κ3) is 4.46. The lowest BCUT2D eigenvalue weighted by Crippen LogP contribution is -1.96. The Morgan fingerprint density at radius 1 is 0.759 bits per heavy atom. The zero-order valence-electron chi connectivity index (χ0n) is 16.7. The minimum Gasteiger partial charge on any atom is -0.497 e. The fourth-order valence-corrected chi connectivity index (χ4v) is 3.34. The summed E-state index contributed by atoms with van der Waals surface area (Å²) >= 11 is 0. The number of nitrogens with zero attached hydrogens (tertiary/aromatic N) is 1. The van der Waals surface area contributed by atoms with E-state index >= 15 is 0 Å². The van der Waals surface area contributed by atoms with Crippen LogP contribution >= 0.6 is 0 Å². The molecule has 0 heterocycles. The third-order valence-corrected chi connectivity index (χ3v) is 4.84. The molecule has 0 spiro atoms. The fourth-order valence-electron chi connectivity index (χ4n) is 3.34. The van der Waals surface area contributed by atoms with Gasteiger partial charge in [0, 0.05) is 12.1 Å². The summed E-state index contributed by atoms with van der Waals surface area (Å²) in [5, 5.41) is 11.1. The number of nitro groups is 1. The maximum atomic E-state index is 11.1. The summed E-state index contributed by atoms with van der Waals surface area (Å²) in [7, 11) is 3.28. The standard InChI is InChI=1S/C24H23NO4/c1-4-23(17-7-13-21(28-2)14-8-17)24(19-9-15-22(29-3)16-10-19)18-5-11-20(12-6-18)25(26)27/h5-16H,4H2,1-3H3/b24-23-. The van der Waals surface area contributed by atoms with Gasteiger partial charge in [0.1, 0.15) is 11.5 Å². The first-order valence-corrected chi connectivity index (χ1v) is 9.34. The molecule has 0 bridgehead atoms. The molecule has 5 heteroatoms. The number of hydrogen-bond donors (Lipinski definition) is 0. The molecule has 0 aliphatic heterocycles. The molecule has 0 amide bonds. The average molecular weight is 389 g/mol. The molecule has 3 rings (SSSR count). The van der Waals surface area contributed by atoms with Gasteiger partial charge >= 0.3 is 0 Å². The van der Waals surface area contributed by atoms with Crippen LogP contribution in [0.3, 0.4) is 0 Å². The molecular formula is C24H23NO4. The smallest absolute Gasteiger partial charge is 0.269 e. The number of benzene rings is 3. The van der Waals surface area contributed by atoms with Crippen LogP contribution in [0.2, 0.25) is 0 Å². The summed E-state index contributed by atoms with van der Waals surface area (Å²) in [5.41, 5.74) is 5.28. The number of rotatable bonds is 7. The SMILES string of the molecule is CC/C(=C(/c1ccc(OC)cc1)c1ccc([N+](=O)[O-])cc1)c1ccc(OC)cc1. The molecule has 148 valence electrons. The number of nitro benzene ring substituents is 1. The number of allylic oxidation sites excluding steroid dienone is 1. The van der Waals surface area contributed by atoms with Gasteiger partial charge in [0.2, 0.25) is 0 Å². The van der Waals surface area contributed by atoms with Crippen molar-refractivity contribution in [3.8, 4) is 11.5 Å². The van der Waals surface area contributed by atoms with Gasteiger partial charge in [-0.25, -0.2) is 0 Å². The molecular weight excluding hydrogens is 366 g/mol. The van der Waals surface area contributed by atoms with Gasteiger partial charge in [-0.3, -0.25) is 10.1 Å². The molecule has 0 saturated heterocycles. The minimum absolute atomic E-state index is 0.0744. The van der Waals surface area contributed by atoms with Gasteiger partial charge in [-0.2, -0.15) is 0 Å². The van der Waals surface area contributed by atoms with Gasteiger partial charge in [0.25, 0.3) is 5.69 Å². The Morgan fingerprint density at radius 3 is 1.55 bits per heavy atom. The van der Waals surface area contributed by atoms with Crippen LogP contribution in [-0.2, 0) is 0 Å². The van der Waals surface area contributed by atoms with Gasteiger partial charge in [-0.15, -0.1) is 0 Å². The van der Waals surface area contributed by atoms with Crippen LogP contribution in [0.4, 0.5) is 5.69 Å². The Labute approximate surface area is 170 Å². The van der Waals surface area contributed by atoms with Crippen LogP contribution in [0.5, 0.6) is 11.5 Å². The second-order valence-electron chi connectivity index (χ2n) is 6.47. The van der Waals surface area contributed by atoms with E-state index in [0.717, 1.165) is 45.8 Å². The number of hydrogen-bond acceptors (Lipinski definition) is 4. The summed E-state index contributed by atoms with van der Waals surface area (Å²) < 4.78 is 10.6. The van der Waals surface area contributed by atoms with Crippen molar-refractivity contribution >= 4 is 16.8 Å². The molecule has 3 aromatic rings. The zero-order valence-corrected chi connectivity index (χ0v) is 16.7. The highest BCUT2D eigenvalue weighted by Gasteiger charge is 2.15. The van der Waals surface area contributed by atoms with Crippen molar-refractivity contribution in [1.29, 1.82) is 0 Å². The molecule has 0 unspecified atom stereocenters.